The highest BCUT2D eigenvalue weighted by Crippen LogP contribution is 2.25. The van der Waals surface area contributed by atoms with E-state index in [9.17, 15) is 57.8 Å². The Kier molecular flexibility index (Phi) is 39.0. The smallest absolute Gasteiger partial charge is 0.305 e. The van der Waals surface area contributed by atoms with Gasteiger partial charge in [0.15, 0.2) is 17.5 Å². The van der Waals surface area contributed by atoms with Crippen LogP contribution in [0, 0.1) is 29.3 Å². The average Bonchev–Trinajstić information content (AvgIpc) is 1.75. The first kappa shape index (κ1) is 102. The number of nitrogens with two attached hydrogens (primary N) is 1. The molecule has 13 amide bonds. The van der Waals surface area contributed by atoms with E-state index >= 15 is 32.8 Å². The molecule has 129 heavy (non-hydrogen) atoms. The highest BCUT2D eigenvalue weighted by molar-refractivity contribution is 8.00. The fourth-order valence-corrected chi connectivity index (χ4v) is 16.0. The van der Waals surface area contributed by atoms with Crippen molar-refractivity contribution in [3.8, 4) is 5.75 Å². The second-order valence-corrected chi connectivity index (χ2v) is 34.3. The molecule has 1 aliphatic heterocycles. The summed E-state index contributed by atoms with van der Waals surface area (Å²) < 4.78 is 44.9. The summed E-state index contributed by atoms with van der Waals surface area (Å²) in [6.07, 6.45) is 3.79. The van der Waals surface area contributed by atoms with E-state index in [1.54, 1.807) is 111 Å². The third-order valence-corrected chi connectivity index (χ3v) is 23.3. The molecule has 8 rings (SSSR count). The molecule has 14 N–H and O–H groups in total. The number of unbranched alkanes of at least 4 members (excludes halogenated alkanes) is 1. The summed E-state index contributed by atoms with van der Waals surface area (Å²) in [6, 6.07) is 20.4. The molecule has 0 radical (unpaired) electrons. The Bertz CT molecular complexity index is 5000. The molecule has 1 aliphatic rings. The number of aromatic nitrogens is 2. The molecule has 0 saturated carbocycles. The Balaban J connectivity index is 1.20. The van der Waals surface area contributed by atoms with Gasteiger partial charge in [-0.05, 0) is 120 Å². The third-order valence-electron chi connectivity index (χ3n) is 22.2. The van der Waals surface area contributed by atoms with Gasteiger partial charge in [0.1, 0.15) is 48.0 Å². The highest BCUT2D eigenvalue weighted by atomic mass is 32.2. The van der Waals surface area contributed by atoms with E-state index in [0.717, 1.165) is 42.9 Å². The standard InChI is InChI=1S/C92H118F3N17O16S/c1-11-12-27-75-90(126)109(7)51-79(116)104-71(45-81(118)119)87(123)107-83(55(4)5)92(128)110(8)63(38-56-21-15-13-16-22-56)48-100-72(41-58-28-30-64(113)31-29-58)88(124)108(6)50-78(115)103-70(44-61-46-98-68-26-20-19-25-65(61)68)86(122)102-62(37-59-32-34-97-35-33-59)47-99-69(36-54(2)3)85(121)106-74(84(120)101-49-77(96)114)52-129-53-80(117)105-73(42-60-39-66(93)82(95)67(94)40-60)89(125)112(10)76(91(127)111(75)9)43-57-23-17-14-18-24-57/h13-26,28-35,39-40,46,54-55,62-63,69-76,83,98-100,113H,11-12,27,36-38,41-45,47-53H2,1-10H3,(H2,96,114)(H,101,120)(H,102,122)(H,103,115)(H,104,116)(H,105,117)(H,106,121)(H,107,123)(H,118,119)/t62-,63-,69-,70-,71-,72-,73-,74-,75-,76-,83-/m0/s1. The number of nitrogens with zero attached hydrogens (tertiary/aromatic N) is 6. The first-order valence-corrected chi connectivity index (χ1v) is 43.9. The first-order chi connectivity index (χ1) is 61.4. The number of likely N-dealkylation sites (N-methyl/N-ethyl adjacent to an activating group) is 5. The molecule has 5 aromatic carbocycles. The number of carbonyl (C=O) groups excluding carboxylic acids is 13. The van der Waals surface area contributed by atoms with Gasteiger partial charge in [0.2, 0.25) is 76.8 Å². The minimum atomic E-state index is -1.87. The van der Waals surface area contributed by atoms with Crippen molar-refractivity contribution >= 4 is 105 Å². The zero-order valence-corrected chi connectivity index (χ0v) is 74.9. The minimum absolute atomic E-state index is 0.0326. The zero-order valence-electron chi connectivity index (χ0n) is 74.1. The Morgan fingerprint density at radius 1 is 0.550 bits per heavy atom. The van der Waals surface area contributed by atoms with Crippen molar-refractivity contribution in [3.05, 3.63) is 203 Å². The Labute approximate surface area is 751 Å². The number of benzene rings is 5. The van der Waals surface area contributed by atoms with Crippen molar-refractivity contribution in [2.45, 2.75) is 172 Å². The van der Waals surface area contributed by atoms with Gasteiger partial charge in [-0.2, -0.15) is 0 Å². The molecule has 0 spiro atoms. The number of rotatable bonds is 23. The van der Waals surface area contributed by atoms with Crippen LogP contribution in [-0.4, -0.2) is 273 Å². The van der Waals surface area contributed by atoms with Crippen LogP contribution < -0.4 is 53.6 Å². The number of carboxylic acid groups (broad SMARTS) is 1. The van der Waals surface area contributed by atoms with Gasteiger partial charge in [0.05, 0.1) is 43.9 Å². The number of phenolic OH excluding ortho intramolecular Hbond substituents is 1. The van der Waals surface area contributed by atoms with Crippen LogP contribution in [0.3, 0.4) is 0 Å². The molecule has 7 aromatic rings. The fraction of sp³-hybridized carbons (Fsp3) is 0.446. The van der Waals surface area contributed by atoms with Gasteiger partial charge in [-0.1, -0.05) is 138 Å². The summed E-state index contributed by atoms with van der Waals surface area (Å²) in [5, 5.41) is 46.8. The number of carbonyl (C=O) groups is 14. The van der Waals surface area contributed by atoms with Crippen LogP contribution in [0.15, 0.2) is 152 Å². The molecule has 33 nitrogen and oxygen atoms in total. The summed E-state index contributed by atoms with van der Waals surface area (Å²) in [6.45, 7) is 6.32. The lowest BCUT2D eigenvalue weighted by Crippen LogP contribution is -2.60. The van der Waals surface area contributed by atoms with Gasteiger partial charge in [-0.15, -0.1) is 11.8 Å². The number of aromatic amines is 1. The molecule has 0 unspecified atom stereocenters. The maximum Gasteiger partial charge on any atom is 0.305 e. The number of H-pyrrole nitrogens is 1. The maximum absolute atomic E-state index is 15.5. The van der Waals surface area contributed by atoms with Crippen LogP contribution in [-0.2, 0) is 106 Å². The molecule has 2 aromatic heterocycles. The predicted octanol–water partition coefficient (Wildman–Crippen LogP) is 3.38. The number of primary amides is 1. The summed E-state index contributed by atoms with van der Waals surface area (Å²) in [5.41, 5.74) is 8.97. The largest absolute Gasteiger partial charge is 0.508 e. The topological polar surface area (TPSA) is 459 Å². The first-order valence-electron chi connectivity index (χ1n) is 42.7. The van der Waals surface area contributed by atoms with Crippen LogP contribution in [0.1, 0.15) is 100 Å². The summed E-state index contributed by atoms with van der Waals surface area (Å²) in [7, 11) is 6.62. The quantitative estimate of drug-likeness (QED) is 0.0408. The number of fused-ring (bicyclic) bond motifs is 1. The second kappa shape index (κ2) is 49.5. The van der Waals surface area contributed by atoms with Crippen LogP contribution in [0.25, 0.3) is 10.9 Å². The summed E-state index contributed by atoms with van der Waals surface area (Å²) in [4.78, 5) is 217. The van der Waals surface area contributed by atoms with E-state index in [1.165, 1.54) is 57.2 Å². The van der Waals surface area contributed by atoms with E-state index in [2.05, 4.69) is 57.8 Å². The number of pyridine rings is 1. The van der Waals surface area contributed by atoms with Gasteiger partial charge in [0.25, 0.3) is 0 Å². The second-order valence-electron chi connectivity index (χ2n) is 33.2. The van der Waals surface area contributed by atoms with Crippen LogP contribution in [0.2, 0.25) is 0 Å². The van der Waals surface area contributed by atoms with Gasteiger partial charge < -0.3 is 93.3 Å². The summed E-state index contributed by atoms with van der Waals surface area (Å²) >= 11 is 0.757. The van der Waals surface area contributed by atoms with Gasteiger partial charge in [0, 0.05) is 115 Å². The molecule has 37 heteroatoms. The number of phenols is 1. The number of aromatic hydroxyl groups is 1. The number of aliphatic carboxylic acids is 1. The fourth-order valence-electron chi connectivity index (χ4n) is 15.1. The normalized spacial score (nSPS) is 22.0. The van der Waals surface area contributed by atoms with E-state index in [-0.39, 0.29) is 75.3 Å². The molecule has 1 fully saturated rings. The molecule has 0 aliphatic carbocycles. The van der Waals surface area contributed by atoms with Crippen LogP contribution in [0.4, 0.5) is 13.2 Å². The Morgan fingerprint density at radius 3 is 1.71 bits per heavy atom. The molecule has 3 heterocycles. The number of nitrogens with one attached hydrogen (secondary N) is 10. The van der Waals surface area contributed by atoms with Gasteiger partial charge >= 0.3 is 5.97 Å². The molecule has 11 atom stereocenters. The molecule has 0 bridgehead atoms. The molecule has 1 saturated heterocycles. The lowest BCUT2D eigenvalue weighted by Gasteiger charge is -2.37. The SMILES string of the molecule is CCCC[C@H]1C(=O)N(C)CC(=O)N[C@@H](CC(=O)O)C(=O)N[C@@H](C(C)C)C(=O)N(C)[C@@H](Cc2ccccc2)CN[C@@H](Cc2ccc(O)cc2)C(=O)N(C)CC(=O)N[C@@H](Cc2c[nH]c3ccccc23)C(=O)N[C@@H](Cc2ccncc2)CN[C@@H](CC(C)C)C(=O)N[C@H](C(=O)NCC(N)=O)CSCC(=O)N[C@@H](Cc2cc(F)c(F)c(F)c2)C(=O)N(C)[C@@H](Cc2ccccc2)C(=O)N1C. The summed E-state index contributed by atoms with van der Waals surface area (Å²) in [5.74, 6) is -19.9. The lowest BCUT2D eigenvalue weighted by molar-refractivity contribution is -0.151. The zero-order chi connectivity index (χ0) is 94.3. The van der Waals surface area contributed by atoms with Crippen molar-refractivity contribution in [1.29, 1.82) is 0 Å². The maximum atomic E-state index is 15.5. The number of hydrogen-bond donors (Lipinski definition) is 13. The molecule has 694 valence electrons. The van der Waals surface area contributed by atoms with E-state index in [1.807, 2.05) is 51.1 Å². The number of amides is 13. The predicted molar refractivity (Wildman–Crippen MR) is 478 cm³/mol. The number of thioether (sulfide) groups is 1. The van der Waals surface area contributed by atoms with E-state index in [4.69, 9.17) is 5.73 Å². The number of hydrogen-bond acceptors (Lipinski definition) is 19. The number of halogens is 3. The highest BCUT2D eigenvalue weighted by Gasteiger charge is 2.41. The Hall–Kier alpha value is -12.8. The van der Waals surface area contributed by atoms with Gasteiger partial charge in [-0.3, -0.25) is 72.1 Å². The minimum Gasteiger partial charge on any atom is -0.508 e. The number of carboxylic acids is 1. The molecular weight excluding hydrogens is 1690 g/mol. The Morgan fingerprint density at radius 2 is 1.10 bits per heavy atom. The number of para-hydroxylation sites is 1. The van der Waals surface area contributed by atoms with Crippen molar-refractivity contribution in [3.63, 3.8) is 0 Å². The molecular formula is C92H118F3N17O16S. The third kappa shape index (κ3) is 31.0. The lowest BCUT2D eigenvalue weighted by atomic mass is 9.98. The van der Waals surface area contributed by atoms with Crippen molar-refractivity contribution < 1.29 is 90.5 Å². The van der Waals surface area contributed by atoms with Crippen LogP contribution >= 0.6 is 11.8 Å². The average molecular weight is 1810 g/mol. The van der Waals surface area contributed by atoms with Gasteiger partial charge in [-0.25, -0.2) is 13.2 Å². The van der Waals surface area contributed by atoms with Crippen LogP contribution in [0.5, 0.6) is 5.75 Å². The van der Waals surface area contributed by atoms with Crippen molar-refractivity contribution in [1.82, 2.24) is 82.3 Å². The monoisotopic (exact) mass is 1810 g/mol. The van der Waals surface area contributed by atoms with E-state index in [0.29, 0.717) is 47.2 Å². The van der Waals surface area contributed by atoms with Crippen molar-refractivity contribution in [2.75, 3.05) is 79.5 Å². The van der Waals surface area contributed by atoms with Crippen molar-refractivity contribution in [2.24, 2.45) is 17.6 Å². The van der Waals surface area contributed by atoms with E-state index < -0.39 is 217 Å².